The van der Waals surface area contributed by atoms with Crippen LogP contribution < -0.4 is 0 Å². The summed E-state index contributed by atoms with van der Waals surface area (Å²) in [6.07, 6.45) is -2.36. The summed E-state index contributed by atoms with van der Waals surface area (Å²) < 4.78 is 10.8. The van der Waals surface area contributed by atoms with E-state index in [-0.39, 0.29) is 32.0 Å². The van der Waals surface area contributed by atoms with Crippen molar-refractivity contribution in [3.8, 4) is 0 Å². The highest BCUT2D eigenvalue weighted by molar-refractivity contribution is 5.95. The van der Waals surface area contributed by atoms with E-state index in [4.69, 9.17) is 9.47 Å². The molecule has 1 aliphatic heterocycles. The SMILES string of the molecule is CC(C)[C@H]1COC(=O)N1C(=O)[C@H](Cc1ccccc1)[C@@H](O)CN(Cc1ccccc1)C(=O)OC(C)(C)C. The zero-order valence-corrected chi connectivity index (χ0v) is 22.3. The fraction of sp³-hybridized carbons (Fsp3) is 0.483. The maximum absolute atomic E-state index is 13.8. The lowest BCUT2D eigenvalue weighted by atomic mass is 9.91. The number of hydrogen-bond donors (Lipinski definition) is 1. The van der Waals surface area contributed by atoms with Crippen molar-refractivity contribution in [1.82, 2.24) is 9.80 Å². The molecule has 8 nitrogen and oxygen atoms in total. The van der Waals surface area contributed by atoms with E-state index in [2.05, 4.69) is 0 Å². The third-order valence-corrected chi connectivity index (χ3v) is 6.27. The summed E-state index contributed by atoms with van der Waals surface area (Å²) in [5, 5.41) is 11.5. The van der Waals surface area contributed by atoms with Crippen LogP contribution in [0.25, 0.3) is 0 Å². The Hall–Kier alpha value is -3.39. The summed E-state index contributed by atoms with van der Waals surface area (Å²) in [4.78, 5) is 42.0. The summed E-state index contributed by atoms with van der Waals surface area (Å²) in [6, 6.07) is 18.3. The van der Waals surface area contributed by atoms with Gasteiger partial charge in [0.15, 0.2) is 0 Å². The number of aliphatic hydroxyl groups excluding tert-OH is 1. The zero-order chi connectivity index (χ0) is 27.2. The number of hydrogen-bond acceptors (Lipinski definition) is 6. The predicted octanol–water partition coefficient (Wildman–Crippen LogP) is 4.65. The third kappa shape index (κ3) is 7.79. The molecule has 1 aliphatic rings. The normalized spacial score (nSPS) is 17.3. The smallest absolute Gasteiger partial charge is 0.416 e. The Kier molecular flexibility index (Phi) is 9.32. The van der Waals surface area contributed by atoms with Gasteiger partial charge < -0.3 is 19.5 Å². The van der Waals surface area contributed by atoms with Crippen LogP contribution >= 0.6 is 0 Å². The summed E-state index contributed by atoms with van der Waals surface area (Å²) in [5.41, 5.74) is 0.954. The van der Waals surface area contributed by atoms with Gasteiger partial charge in [0.1, 0.15) is 12.2 Å². The van der Waals surface area contributed by atoms with Gasteiger partial charge >= 0.3 is 12.2 Å². The number of rotatable bonds is 9. The van der Waals surface area contributed by atoms with Crippen molar-refractivity contribution in [3.05, 3.63) is 71.8 Å². The molecule has 1 saturated heterocycles. The Morgan fingerprint density at radius 2 is 1.62 bits per heavy atom. The van der Waals surface area contributed by atoms with Crippen molar-refractivity contribution in [2.45, 2.75) is 65.3 Å². The van der Waals surface area contributed by atoms with Gasteiger partial charge in [0.05, 0.1) is 24.6 Å². The molecule has 200 valence electrons. The minimum absolute atomic E-state index is 0.0127. The second-order valence-electron chi connectivity index (χ2n) is 10.8. The van der Waals surface area contributed by atoms with Crippen LogP contribution in [0.2, 0.25) is 0 Å². The number of ether oxygens (including phenoxy) is 2. The van der Waals surface area contributed by atoms with Crippen molar-refractivity contribution in [2.24, 2.45) is 11.8 Å². The zero-order valence-electron chi connectivity index (χ0n) is 22.3. The first-order chi connectivity index (χ1) is 17.5. The summed E-state index contributed by atoms with van der Waals surface area (Å²) in [7, 11) is 0. The average Bonchev–Trinajstić information content (AvgIpc) is 3.23. The van der Waals surface area contributed by atoms with Gasteiger partial charge in [-0.1, -0.05) is 74.5 Å². The minimum atomic E-state index is -1.26. The third-order valence-electron chi connectivity index (χ3n) is 6.27. The van der Waals surface area contributed by atoms with Crippen molar-refractivity contribution in [1.29, 1.82) is 0 Å². The topological polar surface area (TPSA) is 96.4 Å². The molecule has 1 fully saturated rings. The molecule has 0 radical (unpaired) electrons. The highest BCUT2D eigenvalue weighted by Crippen LogP contribution is 2.26. The molecule has 37 heavy (non-hydrogen) atoms. The van der Waals surface area contributed by atoms with Gasteiger partial charge in [-0.05, 0) is 44.2 Å². The second-order valence-corrected chi connectivity index (χ2v) is 10.8. The molecular formula is C29H38N2O6. The summed E-state index contributed by atoms with van der Waals surface area (Å²) in [6.45, 7) is 9.31. The predicted molar refractivity (Wildman–Crippen MR) is 140 cm³/mol. The van der Waals surface area contributed by atoms with E-state index in [0.717, 1.165) is 16.0 Å². The van der Waals surface area contributed by atoms with Gasteiger partial charge in [0.25, 0.3) is 0 Å². The van der Waals surface area contributed by atoms with E-state index in [0.29, 0.717) is 0 Å². The van der Waals surface area contributed by atoms with Crippen LogP contribution in [0, 0.1) is 11.8 Å². The highest BCUT2D eigenvalue weighted by atomic mass is 16.6. The van der Waals surface area contributed by atoms with Crippen LogP contribution in [0.1, 0.15) is 45.7 Å². The molecule has 0 spiro atoms. The number of carbonyl (C=O) groups excluding carboxylic acids is 3. The molecule has 2 aromatic rings. The first kappa shape index (κ1) is 28.2. The molecule has 3 rings (SSSR count). The van der Waals surface area contributed by atoms with Crippen LogP contribution in [-0.2, 0) is 27.2 Å². The van der Waals surface area contributed by atoms with Crippen molar-refractivity contribution in [3.63, 3.8) is 0 Å². The lowest BCUT2D eigenvalue weighted by molar-refractivity contribution is -0.138. The Morgan fingerprint density at radius 3 is 2.16 bits per heavy atom. The fourth-order valence-corrected chi connectivity index (χ4v) is 4.30. The fourth-order valence-electron chi connectivity index (χ4n) is 4.30. The Bertz CT molecular complexity index is 1050. The van der Waals surface area contributed by atoms with Crippen LogP contribution in [-0.4, -0.2) is 63.9 Å². The van der Waals surface area contributed by atoms with E-state index < -0.39 is 41.8 Å². The molecule has 0 bridgehead atoms. The number of aliphatic hydroxyl groups is 1. The lowest BCUT2D eigenvalue weighted by Gasteiger charge is -2.33. The molecule has 2 aromatic carbocycles. The van der Waals surface area contributed by atoms with Crippen LogP contribution in [0.5, 0.6) is 0 Å². The first-order valence-corrected chi connectivity index (χ1v) is 12.7. The van der Waals surface area contributed by atoms with E-state index in [1.165, 1.54) is 4.90 Å². The molecule has 1 N–H and O–H groups in total. The van der Waals surface area contributed by atoms with Crippen LogP contribution in [0.4, 0.5) is 9.59 Å². The van der Waals surface area contributed by atoms with Gasteiger partial charge in [-0.2, -0.15) is 0 Å². The highest BCUT2D eigenvalue weighted by Gasteiger charge is 2.44. The largest absolute Gasteiger partial charge is 0.447 e. The number of carbonyl (C=O) groups is 3. The molecule has 0 unspecified atom stereocenters. The van der Waals surface area contributed by atoms with E-state index in [9.17, 15) is 19.5 Å². The van der Waals surface area contributed by atoms with Gasteiger partial charge in [0, 0.05) is 6.54 Å². The van der Waals surface area contributed by atoms with Crippen molar-refractivity contribution in [2.75, 3.05) is 13.2 Å². The van der Waals surface area contributed by atoms with Gasteiger partial charge in [-0.15, -0.1) is 0 Å². The first-order valence-electron chi connectivity index (χ1n) is 12.7. The number of nitrogens with zero attached hydrogens (tertiary/aromatic N) is 2. The summed E-state index contributed by atoms with van der Waals surface area (Å²) >= 11 is 0. The van der Waals surface area contributed by atoms with Crippen LogP contribution in [0.3, 0.4) is 0 Å². The lowest BCUT2D eigenvalue weighted by Crippen LogP contribution is -2.51. The maximum Gasteiger partial charge on any atom is 0.416 e. The number of cyclic esters (lactones) is 1. The van der Waals surface area contributed by atoms with Crippen molar-refractivity contribution >= 4 is 18.1 Å². The molecule has 3 amide bonds. The molecule has 1 heterocycles. The standard InChI is InChI=1S/C29H38N2O6/c1-20(2)24-19-36-28(35)31(24)26(33)23(16-21-12-8-6-9-13-21)25(32)18-30(27(34)37-29(3,4)5)17-22-14-10-7-11-15-22/h6-15,20,23-25,32H,16-19H2,1-5H3/t23-,24-,25+/m1/s1. The average molecular weight is 511 g/mol. The molecule has 0 saturated carbocycles. The van der Waals surface area contributed by atoms with Gasteiger partial charge in [-0.25, -0.2) is 14.5 Å². The van der Waals surface area contributed by atoms with E-state index in [1.807, 2.05) is 74.5 Å². The van der Waals surface area contributed by atoms with Crippen molar-refractivity contribution < 1.29 is 29.0 Å². The number of imide groups is 1. The Balaban J connectivity index is 1.90. The van der Waals surface area contributed by atoms with Gasteiger partial charge in [0.2, 0.25) is 5.91 Å². The van der Waals surface area contributed by atoms with Gasteiger partial charge in [-0.3, -0.25) is 4.79 Å². The second kappa shape index (κ2) is 12.2. The molecular weight excluding hydrogens is 472 g/mol. The monoisotopic (exact) mass is 510 g/mol. The molecule has 0 aromatic heterocycles. The molecule has 0 aliphatic carbocycles. The molecule has 3 atom stereocenters. The van der Waals surface area contributed by atoms with E-state index in [1.54, 1.807) is 20.8 Å². The van der Waals surface area contributed by atoms with E-state index >= 15 is 0 Å². The molecule has 8 heteroatoms. The Morgan fingerprint density at radius 1 is 1.05 bits per heavy atom. The van der Waals surface area contributed by atoms with Crippen LogP contribution in [0.15, 0.2) is 60.7 Å². The maximum atomic E-state index is 13.8. The minimum Gasteiger partial charge on any atom is -0.447 e. The quantitative estimate of drug-likeness (QED) is 0.528. The Labute approximate surface area is 219 Å². The number of amides is 3. The number of benzene rings is 2. The summed E-state index contributed by atoms with van der Waals surface area (Å²) in [5.74, 6) is -1.50.